The monoisotopic (exact) mass is 683 g/mol. The number of aromatic nitrogens is 3. The van der Waals surface area contributed by atoms with Crippen LogP contribution in [0.1, 0.15) is 44.5 Å². The molecular formula is C49H42BN3. The summed E-state index contributed by atoms with van der Waals surface area (Å²) in [5.41, 5.74) is 22.5. The first-order chi connectivity index (χ1) is 25.8. The summed E-state index contributed by atoms with van der Waals surface area (Å²) in [6, 6.07) is 32.1. The molecule has 0 amide bonds. The number of benzene rings is 5. The molecule has 0 unspecified atom stereocenters. The summed E-state index contributed by atoms with van der Waals surface area (Å²) in [6.07, 6.45) is 13.4. The van der Waals surface area contributed by atoms with Gasteiger partial charge in [0.25, 0.3) is 0 Å². The van der Waals surface area contributed by atoms with Crippen LogP contribution < -0.4 is 16.4 Å². The van der Waals surface area contributed by atoms with E-state index in [0.717, 1.165) is 12.8 Å². The van der Waals surface area contributed by atoms with Gasteiger partial charge >= 0.3 is 0 Å². The van der Waals surface area contributed by atoms with Crippen molar-refractivity contribution in [2.45, 2.75) is 54.4 Å². The molecule has 0 atom stereocenters. The van der Waals surface area contributed by atoms with Crippen LogP contribution in [-0.2, 0) is 12.8 Å². The molecule has 8 aromatic rings. The minimum absolute atomic E-state index is 0.0658. The van der Waals surface area contributed by atoms with E-state index in [-0.39, 0.29) is 6.71 Å². The van der Waals surface area contributed by atoms with Gasteiger partial charge in [0, 0.05) is 37.2 Å². The standard InChI is InChI=1S/C49H42BN3/c1-29-23-31(3)48(32(4)24-29)50(49-33(5)25-30(2)26-34(49)6)45-28-44(37-15-21-53-22-16-37)40-8-7-38-42(35-11-17-51-18-12-35)27-43(36-13-19-52-20-14-36)39-9-10-41(45)47(40)46(38)39/h7-8,11-28H,9-10H2,1-6H3. The van der Waals surface area contributed by atoms with Crippen LogP contribution in [0.25, 0.3) is 54.9 Å². The van der Waals surface area contributed by atoms with Crippen LogP contribution >= 0.6 is 0 Å². The van der Waals surface area contributed by atoms with Gasteiger partial charge in [-0.1, -0.05) is 92.2 Å². The molecule has 256 valence electrons. The van der Waals surface area contributed by atoms with Crippen molar-refractivity contribution in [2.24, 2.45) is 0 Å². The van der Waals surface area contributed by atoms with Crippen molar-refractivity contribution in [3.8, 4) is 33.4 Å². The fourth-order valence-corrected chi connectivity index (χ4v) is 9.70. The third-order valence-corrected chi connectivity index (χ3v) is 11.6. The Morgan fingerprint density at radius 1 is 0.415 bits per heavy atom. The van der Waals surface area contributed by atoms with E-state index in [0.29, 0.717) is 0 Å². The molecule has 0 saturated carbocycles. The Hall–Kier alpha value is -5.87. The number of aryl methyl sites for hydroxylation is 8. The molecule has 3 nitrogen and oxygen atoms in total. The maximum absolute atomic E-state index is 4.44. The molecule has 0 bridgehead atoms. The predicted octanol–water partition coefficient (Wildman–Crippen LogP) is 9.64. The van der Waals surface area contributed by atoms with E-state index in [4.69, 9.17) is 0 Å². The van der Waals surface area contributed by atoms with E-state index in [9.17, 15) is 0 Å². The number of hydrogen-bond donors (Lipinski definition) is 0. The van der Waals surface area contributed by atoms with Crippen LogP contribution in [0.4, 0.5) is 0 Å². The highest BCUT2D eigenvalue weighted by Crippen LogP contribution is 2.46. The lowest BCUT2D eigenvalue weighted by Crippen LogP contribution is -2.57. The molecule has 0 N–H and O–H groups in total. The molecule has 9 rings (SSSR count). The summed E-state index contributed by atoms with van der Waals surface area (Å²) in [7, 11) is 0. The van der Waals surface area contributed by atoms with Gasteiger partial charge in [-0.2, -0.15) is 0 Å². The minimum Gasteiger partial charge on any atom is -0.265 e. The first-order valence-electron chi connectivity index (χ1n) is 18.7. The van der Waals surface area contributed by atoms with Crippen LogP contribution in [0.2, 0.25) is 0 Å². The molecule has 5 aromatic carbocycles. The van der Waals surface area contributed by atoms with Gasteiger partial charge in [0.1, 0.15) is 0 Å². The molecule has 3 heterocycles. The lowest BCUT2D eigenvalue weighted by Gasteiger charge is -2.31. The molecule has 0 fully saturated rings. The molecule has 1 aliphatic rings. The van der Waals surface area contributed by atoms with Crippen LogP contribution in [0.15, 0.2) is 122 Å². The third-order valence-electron chi connectivity index (χ3n) is 11.6. The minimum atomic E-state index is 0.0658. The lowest BCUT2D eigenvalue weighted by atomic mass is 9.33. The Morgan fingerprint density at radius 2 is 0.792 bits per heavy atom. The maximum atomic E-state index is 4.44. The van der Waals surface area contributed by atoms with E-state index in [1.807, 2.05) is 37.2 Å². The highest BCUT2D eigenvalue weighted by atomic mass is 14.6. The summed E-state index contributed by atoms with van der Waals surface area (Å²) in [6.45, 7) is 13.8. The van der Waals surface area contributed by atoms with Gasteiger partial charge in [-0.05, 0) is 163 Å². The summed E-state index contributed by atoms with van der Waals surface area (Å²) in [5.74, 6) is 0. The van der Waals surface area contributed by atoms with Crippen molar-refractivity contribution < 1.29 is 0 Å². The second kappa shape index (κ2) is 13.0. The topological polar surface area (TPSA) is 38.7 Å². The summed E-state index contributed by atoms with van der Waals surface area (Å²) >= 11 is 0. The average Bonchev–Trinajstić information content (AvgIpc) is 3.16. The van der Waals surface area contributed by atoms with E-state index in [1.165, 1.54) is 116 Å². The molecule has 0 saturated heterocycles. The highest BCUT2D eigenvalue weighted by Gasteiger charge is 2.34. The number of hydrogen-bond acceptors (Lipinski definition) is 3. The normalized spacial score (nSPS) is 12.2. The Morgan fingerprint density at radius 3 is 1.25 bits per heavy atom. The zero-order chi connectivity index (χ0) is 36.4. The smallest absolute Gasteiger partial charge is 0.242 e. The fraction of sp³-hybridized carbons (Fsp3) is 0.163. The van der Waals surface area contributed by atoms with Crippen LogP contribution in [-0.4, -0.2) is 21.7 Å². The third kappa shape index (κ3) is 5.47. The Labute approximate surface area is 312 Å². The molecule has 4 heteroatoms. The quantitative estimate of drug-likeness (QED) is 0.129. The van der Waals surface area contributed by atoms with Crippen molar-refractivity contribution in [3.05, 3.63) is 167 Å². The Kier molecular flexibility index (Phi) is 8.07. The zero-order valence-corrected chi connectivity index (χ0v) is 31.4. The van der Waals surface area contributed by atoms with Gasteiger partial charge in [-0.25, -0.2) is 0 Å². The number of nitrogens with zero attached hydrogens (tertiary/aromatic N) is 3. The zero-order valence-electron chi connectivity index (χ0n) is 31.4. The molecular weight excluding hydrogens is 641 g/mol. The van der Waals surface area contributed by atoms with Gasteiger partial charge in [-0.15, -0.1) is 0 Å². The lowest BCUT2D eigenvalue weighted by molar-refractivity contribution is 0.975. The first kappa shape index (κ1) is 33.0. The summed E-state index contributed by atoms with van der Waals surface area (Å²) < 4.78 is 0. The van der Waals surface area contributed by atoms with Crippen LogP contribution in [0, 0.1) is 41.5 Å². The van der Waals surface area contributed by atoms with Gasteiger partial charge in [0.15, 0.2) is 0 Å². The number of rotatable bonds is 6. The van der Waals surface area contributed by atoms with Crippen molar-refractivity contribution in [2.75, 3.05) is 0 Å². The average molecular weight is 684 g/mol. The van der Waals surface area contributed by atoms with E-state index in [1.54, 1.807) is 0 Å². The van der Waals surface area contributed by atoms with Gasteiger partial charge in [0.05, 0.1) is 0 Å². The maximum Gasteiger partial charge on any atom is 0.242 e. The second-order valence-corrected chi connectivity index (χ2v) is 15.1. The largest absolute Gasteiger partial charge is 0.265 e. The van der Waals surface area contributed by atoms with E-state index >= 15 is 0 Å². The molecule has 1 aliphatic carbocycles. The SMILES string of the molecule is Cc1cc(C)c(B(c2cc(-c3ccncc3)c3ccc4c(-c5ccncc5)cc(-c5ccncc5)c5c4c3c2CC5)c2c(C)cc(C)cc2C)c(C)c1. The number of pyridine rings is 3. The molecule has 3 aromatic heterocycles. The second-order valence-electron chi connectivity index (χ2n) is 15.1. The molecule has 53 heavy (non-hydrogen) atoms. The molecule has 0 radical (unpaired) electrons. The Bertz CT molecular complexity index is 2620. The van der Waals surface area contributed by atoms with Gasteiger partial charge in [-0.3, -0.25) is 15.0 Å². The first-order valence-corrected chi connectivity index (χ1v) is 18.7. The van der Waals surface area contributed by atoms with Gasteiger partial charge < -0.3 is 0 Å². The van der Waals surface area contributed by atoms with Crippen molar-refractivity contribution in [3.63, 3.8) is 0 Å². The van der Waals surface area contributed by atoms with Crippen molar-refractivity contribution >= 4 is 44.6 Å². The summed E-state index contributed by atoms with van der Waals surface area (Å²) in [5, 5.41) is 5.34. The predicted molar refractivity (Wildman–Crippen MR) is 225 cm³/mol. The molecule has 0 aliphatic heterocycles. The summed E-state index contributed by atoms with van der Waals surface area (Å²) in [4.78, 5) is 13.2. The highest BCUT2D eigenvalue weighted by molar-refractivity contribution is 6.97. The molecule has 0 spiro atoms. The van der Waals surface area contributed by atoms with E-state index in [2.05, 4.69) is 141 Å². The van der Waals surface area contributed by atoms with Crippen LogP contribution in [0.5, 0.6) is 0 Å². The van der Waals surface area contributed by atoms with Crippen LogP contribution in [0.3, 0.4) is 0 Å². The van der Waals surface area contributed by atoms with Gasteiger partial charge in [0.2, 0.25) is 6.71 Å². The van der Waals surface area contributed by atoms with Crippen molar-refractivity contribution in [1.29, 1.82) is 0 Å². The van der Waals surface area contributed by atoms with Crippen molar-refractivity contribution in [1.82, 2.24) is 15.0 Å². The van der Waals surface area contributed by atoms with E-state index < -0.39 is 0 Å². The fourth-order valence-electron chi connectivity index (χ4n) is 9.70. The Balaban J connectivity index is 1.49.